The molecule has 2 aromatic rings. The van der Waals surface area contributed by atoms with E-state index in [1.165, 1.54) is 16.3 Å². The highest BCUT2D eigenvalue weighted by Gasteiger charge is 2.21. The molecule has 0 unspecified atom stereocenters. The van der Waals surface area contributed by atoms with Crippen LogP contribution in [0, 0.1) is 6.92 Å². The average Bonchev–Trinajstić information content (AvgIpc) is 2.45. The summed E-state index contributed by atoms with van der Waals surface area (Å²) < 4.78 is 5.88. The zero-order valence-corrected chi connectivity index (χ0v) is 10.2. The van der Waals surface area contributed by atoms with Gasteiger partial charge in [0, 0.05) is 5.39 Å². The summed E-state index contributed by atoms with van der Waals surface area (Å²) in [5.41, 5.74) is 2.29. The summed E-state index contributed by atoms with van der Waals surface area (Å²) in [6, 6.07) is 8.57. The lowest BCUT2D eigenvalue weighted by Gasteiger charge is -2.10. The van der Waals surface area contributed by atoms with Crippen molar-refractivity contribution in [2.45, 2.75) is 26.6 Å². The Kier molecular flexibility index (Phi) is 2.03. The van der Waals surface area contributed by atoms with Crippen molar-refractivity contribution in [1.29, 1.82) is 0 Å². The Labute approximate surface area is 85.7 Å². The first-order valence-corrected chi connectivity index (χ1v) is 8.47. The lowest BCUT2D eigenvalue weighted by atomic mass is 10.2. The maximum atomic E-state index is 5.88. The van der Waals surface area contributed by atoms with Crippen LogP contribution in [0.1, 0.15) is 5.56 Å². The predicted molar refractivity (Wildman–Crippen MR) is 63.9 cm³/mol. The summed E-state index contributed by atoms with van der Waals surface area (Å²) in [6.45, 7) is 9.00. The molecule has 0 bridgehead atoms. The minimum absolute atomic E-state index is 1.03. The summed E-state index contributed by atoms with van der Waals surface area (Å²) in [6.07, 6.45) is 0. The Morgan fingerprint density at radius 3 is 2.43 bits per heavy atom. The molecule has 0 spiro atoms. The van der Waals surface area contributed by atoms with Crippen molar-refractivity contribution in [1.82, 2.24) is 0 Å². The van der Waals surface area contributed by atoms with Crippen LogP contribution in [-0.2, 0) is 0 Å². The monoisotopic (exact) mass is 204 g/mol. The summed E-state index contributed by atoms with van der Waals surface area (Å²) in [5, 5.41) is 2.42. The zero-order valence-electron chi connectivity index (χ0n) is 9.22. The molecule has 0 atom stereocenters. The summed E-state index contributed by atoms with van der Waals surface area (Å²) in [4.78, 5) is 0. The van der Waals surface area contributed by atoms with Gasteiger partial charge in [-0.15, -0.1) is 0 Å². The molecule has 1 nitrogen and oxygen atoms in total. The van der Waals surface area contributed by atoms with Gasteiger partial charge in [0.25, 0.3) is 0 Å². The molecule has 14 heavy (non-hydrogen) atoms. The van der Waals surface area contributed by atoms with Crippen molar-refractivity contribution in [2.75, 3.05) is 0 Å². The largest absolute Gasteiger partial charge is 0.466 e. The highest BCUT2D eigenvalue weighted by Crippen LogP contribution is 2.17. The first kappa shape index (κ1) is 9.53. The van der Waals surface area contributed by atoms with Crippen LogP contribution in [0.5, 0.6) is 0 Å². The van der Waals surface area contributed by atoms with Gasteiger partial charge in [-0.3, -0.25) is 0 Å². The van der Waals surface area contributed by atoms with E-state index < -0.39 is 8.07 Å². The molecule has 0 saturated heterocycles. The molecule has 1 aromatic heterocycles. The van der Waals surface area contributed by atoms with Crippen LogP contribution >= 0.6 is 0 Å². The zero-order chi connectivity index (χ0) is 10.3. The third-order valence-corrected chi connectivity index (χ3v) is 4.14. The molecular weight excluding hydrogens is 188 g/mol. The van der Waals surface area contributed by atoms with Crippen molar-refractivity contribution in [3.63, 3.8) is 0 Å². The van der Waals surface area contributed by atoms with E-state index in [1.54, 1.807) is 0 Å². The van der Waals surface area contributed by atoms with Crippen LogP contribution in [0.25, 0.3) is 11.0 Å². The maximum absolute atomic E-state index is 5.88. The number of hydrogen-bond donors (Lipinski definition) is 0. The molecule has 74 valence electrons. The summed E-state index contributed by atoms with van der Waals surface area (Å²) in [5.74, 6) is 0. The van der Waals surface area contributed by atoms with Gasteiger partial charge >= 0.3 is 0 Å². The van der Waals surface area contributed by atoms with Crippen molar-refractivity contribution >= 4 is 24.4 Å². The first-order chi connectivity index (χ1) is 6.47. The molecule has 0 saturated carbocycles. The van der Waals surface area contributed by atoms with Gasteiger partial charge in [0.15, 0.2) is 0 Å². The van der Waals surface area contributed by atoms with E-state index in [9.17, 15) is 0 Å². The normalized spacial score (nSPS) is 12.3. The Bertz CT molecular complexity index is 463. The van der Waals surface area contributed by atoms with Crippen LogP contribution in [0.3, 0.4) is 0 Å². The summed E-state index contributed by atoms with van der Waals surface area (Å²) in [7, 11) is -1.30. The lowest BCUT2D eigenvalue weighted by molar-refractivity contribution is 0.648. The van der Waals surface area contributed by atoms with Crippen molar-refractivity contribution in [3.05, 3.63) is 29.8 Å². The molecule has 0 amide bonds. The van der Waals surface area contributed by atoms with Crippen LogP contribution in [0.15, 0.2) is 28.7 Å². The van der Waals surface area contributed by atoms with Crippen LogP contribution in [-0.4, -0.2) is 8.07 Å². The fourth-order valence-corrected chi connectivity index (χ4v) is 2.51. The second-order valence-electron chi connectivity index (χ2n) is 4.90. The molecule has 0 radical (unpaired) electrons. The molecule has 0 aliphatic heterocycles. The SMILES string of the molecule is Cc1ccc2cc([Si](C)(C)C)oc2c1. The van der Waals surface area contributed by atoms with Gasteiger partial charge in [0.1, 0.15) is 13.7 Å². The van der Waals surface area contributed by atoms with Gasteiger partial charge in [0.2, 0.25) is 0 Å². The molecule has 2 heteroatoms. The molecule has 1 heterocycles. The van der Waals surface area contributed by atoms with Crippen molar-refractivity contribution < 1.29 is 4.42 Å². The molecule has 0 fully saturated rings. The van der Waals surface area contributed by atoms with Crippen molar-refractivity contribution in [3.8, 4) is 0 Å². The third-order valence-electron chi connectivity index (χ3n) is 2.41. The molecular formula is C12H16OSi. The van der Waals surface area contributed by atoms with E-state index >= 15 is 0 Å². The highest BCUT2D eigenvalue weighted by molar-refractivity contribution is 6.87. The lowest BCUT2D eigenvalue weighted by Crippen LogP contribution is -2.36. The highest BCUT2D eigenvalue weighted by atomic mass is 28.3. The Balaban J connectivity index is 2.63. The van der Waals surface area contributed by atoms with Gasteiger partial charge < -0.3 is 4.42 Å². The van der Waals surface area contributed by atoms with Gasteiger partial charge in [-0.25, -0.2) is 0 Å². The van der Waals surface area contributed by atoms with Crippen LogP contribution < -0.4 is 5.38 Å². The average molecular weight is 204 g/mol. The van der Waals surface area contributed by atoms with Crippen molar-refractivity contribution in [2.24, 2.45) is 0 Å². The second-order valence-corrected chi connectivity index (χ2v) is 9.89. The molecule has 0 N–H and O–H groups in total. The van der Waals surface area contributed by atoms with Gasteiger partial charge in [0.05, 0.1) is 5.38 Å². The van der Waals surface area contributed by atoms with E-state index in [1.807, 2.05) is 0 Å². The van der Waals surface area contributed by atoms with E-state index in [-0.39, 0.29) is 0 Å². The van der Waals surface area contributed by atoms with E-state index in [2.05, 4.69) is 50.8 Å². The molecule has 0 aliphatic rings. The number of hydrogen-bond acceptors (Lipinski definition) is 1. The van der Waals surface area contributed by atoms with Gasteiger partial charge in [-0.2, -0.15) is 0 Å². The third kappa shape index (κ3) is 1.62. The topological polar surface area (TPSA) is 13.1 Å². The molecule has 0 aliphatic carbocycles. The van der Waals surface area contributed by atoms with E-state index in [4.69, 9.17) is 4.42 Å². The number of rotatable bonds is 1. The van der Waals surface area contributed by atoms with Gasteiger partial charge in [-0.1, -0.05) is 31.8 Å². The molecule has 2 rings (SSSR count). The Morgan fingerprint density at radius 2 is 1.79 bits per heavy atom. The number of aryl methyl sites for hydroxylation is 1. The minimum atomic E-state index is -1.30. The standard InChI is InChI=1S/C12H16OSi/c1-9-5-6-10-8-12(14(2,3)4)13-11(10)7-9/h5-8H,1-4H3. The van der Waals surface area contributed by atoms with E-state index in [0.29, 0.717) is 0 Å². The number of furan rings is 1. The smallest absolute Gasteiger partial charge is 0.133 e. The number of benzene rings is 1. The maximum Gasteiger partial charge on any atom is 0.133 e. The fourth-order valence-electron chi connectivity index (χ4n) is 1.51. The fraction of sp³-hybridized carbons (Fsp3) is 0.333. The minimum Gasteiger partial charge on any atom is -0.466 e. The van der Waals surface area contributed by atoms with Crippen LogP contribution in [0.4, 0.5) is 0 Å². The van der Waals surface area contributed by atoms with Gasteiger partial charge in [-0.05, 0) is 24.6 Å². The summed E-state index contributed by atoms with van der Waals surface area (Å²) >= 11 is 0. The Hall–Kier alpha value is -1.02. The molecule has 1 aromatic carbocycles. The van der Waals surface area contributed by atoms with Crippen LogP contribution in [0.2, 0.25) is 19.6 Å². The van der Waals surface area contributed by atoms with E-state index in [0.717, 1.165) is 5.58 Å². The second kappa shape index (κ2) is 2.99. The number of fused-ring (bicyclic) bond motifs is 1. The Morgan fingerprint density at radius 1 is 1.07 bits per heavy atom. The predicted octanol–water partition coefficient (Wildman–Crippen LogP) is 3.29. The quantitative estimate of drug-likeness (QED) is 0.650. The first-order valence-electron chi connectivity index (χ1n) is 4.97.